The molecule has 0 bridgehead atoms. The highest BCUT2D eigenvalue weighted by Crippen LogP contribution is 2.25. The van der Waals surface area contributed by atoms with Crippen LogP contribution in [0.5, 0.6) is 0 Å². The fourth-order valence-electron chi connectivity index (χ4n) is 1.86. The molecular formula is C14H13N5OS. The van der Waals surface area contributed by atoms with E-state index in [1.807, 2.05) is 42.6 Å². The van der Waals surface area contributed by atoms with Crippen LogP contribution in [0, 0.1) is 0 Å². The van der Waals surface area contributed by atoms with Gasteiger partial charge in [-0.25, -0.2) is 0 Å². The average molecular weight is 299 g/mol. The van der Waals surface area contributed by atoms with Crippen molar-refractivity contribution in [2.75, 3.05) is 5.32 Å². The highest BCUT2D eigenvalue weighted by Gasteiger charge is 2.13. The van der Waals surface area contributed by atoms with E-state index in [-0.39, 0.29) is 5.91 Å². The molecule has 1 N–H and O–H groups in total. The molecule has 3 aromatic rings. The van der Waals surface area contributed by atoms with Crippen LogP contribution in [-0.4, -0.2) is 26.1 Å². The second-order valence-corrected chi connectivity index (χ2v) is 5.23. The fraction of sp³-hybridized carbons (Fsp3) is 0.143. The summed E-state index contributed by atoms with van der Waals surface area (Å²) in [7, 11) is 0. The Balaban J connectivity index is 1.91. The number of nitrogens with one attached hydrogen (secondary N) is 1. The summed E-state index contributed by atoms with van der Waals surface area (Å²) in [5.41, 5.74) is 1.42. The first-order valence-corrected chi connectivity index (χ1v) is 7.38. The van der Waals surface area contributed by atoms with Crippen molar-refractivity contribution in [3.8, 4) is 11.4 Å². The molecule has 21 heavy (non-hydrogen) atoms. The Labute approximate surface area is 125 Å². The van der Waals surface area contributed by atoms with Crippen molar-refractivity contribution in [1.29, 1.82) is 0 Å². The lowest BCUT2D eigenvalue weighted by atomic mass is 10.1. The average Bonchev–Trinajstić information content (AvgIpc) is 3.19. The number of rotatable bonds is 4. The molecule has 0 saturated carbocycles. The molecule has 0 aliphatic heterocycles. The van der Waals surface area contributed by atoms with Crippen molar-refractivity contribution in [3.63, 3.8) is 0 Å². The molecular weight excluding hydrogens is 286 g/mol. The third-order valence-electron chi connectivity index (χ3n) is 2.90. The normalized spacial score (nSPS) is 10.5. The summed E-state index contributed by atoms with van der Waals surface area (Å²) < 4.78 is 0. The number of nitrogens with zero attached hydrogens (tertiary/aromatic N) is 4. The SMILES string of the molecule is CCn1nnc(-c2ccccc2NC(=O)c2cccs2)n1. The fourth-order valence-corrected chi connectivity index (χ4v) is 2.48. The van der Waals surface area contributed by atoms with Crippen molar-refractivity contribution in [2.24, 2.45) is 0 Å². The lowest BCUT2D eigenvalue weighted by Crippen LogP contribution is -2.11. The molecule has 6 nitrogen and oxygen atoms in total. The third kappa shape index (κ3) is 2.82. The van der Waals surface area contributed by atoms with Gasteiger partial charge < -0.3 is 5.32 Å². The molecule has 0 saturated heterocycles. The number of amides is 1. The predicted molar refractivity (Wildman–Crippen MR) is 81.2 cm³/mol. The van der Waals surface area contributed by atoms with Crippen molar-refractivity contribution in [3.05, 3.63) is 46.7 Å². The Morgan fingerprint density at radius 1 is 1.29 bits per heavy atom. The summed E-state index contributed by atoms with van der Waals surface area (Å²) in [6.07, 6.45) is 0. The van der Waals surface area contributed by atoms with E-state index in [0.717, 1.165) is 5.56 Å². The number of carbonyl (C=O) groups is 1. The van der Waals surface area contributed by atoms with Crippen LogP contribution >= 0.6 is 11.3 Å². The van der Waals surface area contributed by atoms with Crippen LogP contribution in [0.1, 0.15) is 16.6 Å². The minimum absolute atomic E-state index is 0.139. The van der Waals surface area contributed by atoms with Gasteiger partial charge in [0.05, 0.1) is 17.1 Å². The standard InChI is InChI=1S/C14H13N5OS/c1-2-19-17-13(16-18-19)10-6-3-4-7-11(10)15-14(20)12-8-5-9-21-12/h3-9H,2H2,1H3,(H,15,20). The first-order valence-electron chi connectivity index (χ1n) is 6.50. The number of aromatic nitrogens is 4. The molecule has 1 amide bonds. The number of para-hydroxylation sites is 1. The maximum absolute atomic E-state index is 12.2. The lowest BCUT2D eigenvalue weighted by molar-refractivity contribution is 0.103. The topological polar surface area (TPSA) is 72.7 Å². The quantitative estimate of drug-likeness (QED) is 0.804. The number of aryl methyl sites for hydroxylation is 1. The van der Waals surface area contributed by atoms with E-state index >= 15 is 0 Å². The number of anilines is 1. The number of benzene rings is 1. The van der Waals surface area contributed by atoms with Crippen LogP contribution in [0.25, 0.3) is 11.4 Å². The number of hydrogen-bond donors (Lipinski definition) is 1. The molecule has 106 valence electrons. The summed E-state index contributed by atoms with van der Waals surface area (Å²) in [5, 5.41) is 17.0. The van der Waals surface area contributed by atoms with Gasteiger partial charge in [0.1, 0.15) is 0 Å². The van der Waals surface area contributed by atoms with Gasteiger partial charge in [-0.1, -0.05) is 18.2 Å². The van der Waals surface area contributed by atoms with Gasteiger partial charge >= 0.3 is 0 Å². The number of carbonyl (C=O) groups excluding carboxylic acids is 1. The first-order chi connectivity index (χ1) is 10.3. The van der Waals surface area contributed by atoms with Crippen molar-refractivity contribution >= 4 is 22.9 Å². The summed E-state index contributed by atoms with van der Waals surface area (Å²) in [4.78, 5) is 14.3. The molecule has 0 unspecified atom stereocenters. The molecule has 2 aromatic heterocycles. The van der Waals surface area contributed by atoms with Crippen LogP contribution in [0.4, 0.5) is 5.69 Å². The molecule has 0 atom stereocenters. The number of tetrazole rings is 1. The zero-order valence-electron chi connectivity index (χ0n) is 11.4. The smallest absolute Gasteiger partial charge is 0.265 e. The van der Waals surface area contributed by atoms with E-state index in [9.17, 15) is 4.79 Å². The highest BCUT2D eigenvalue weighted by atomic mass is 32.1. The monoisotopic (exact) mass is 299 g/mol. The summed E-state index contributed by atoms with van der Waals surface area (Å²) in [5.74, 6) is 0.360. The Kier molecular flexibility index (Phi) is 3.74. The first kappa shape index (κ1) is 13.4. The van der Waals surface area contributed by atoms with Crippen LogP contribution in [-0.2, 0) is 6.54 Å². The van der Waals surface area contributed by atoms with Gasteiger partial charge in [0.2, 0.25) is 5.82 Å². The van der Waals surface area contributed by atoms with Gasteiger partial charge in [-0.15, -0.1) is 21.5 Å². The Morgan fingerprint density at radius 2 is 2.14 bits per heavy atom. The molecule has 0 fully saturated rings. The molecule has 0 aliphatic rings. The predicted octanol–water partition coefficient (Wildman–Crippen LogP) is 2.67. The number of hydrogen-bond acceptors (Lipinski definition) is 5. The van der Waals surface area contributed by atoms with Crippen molar-refractivity contribution in [1.82, 2.24) is 20.2 Å². The van der Waals surface area contributed by atoms with Gasteiger partial charge in [0, 0.05) is 5.56 Å². The van der Waals surface area contributed by atoms with E-state index in [1.54, 1.807) is 6.07 Å². The molecule has 7 heteroatoms. The van der Waals surface area contributed by atoms with Gasteiger partial charge in [-0.05, 0) is 35.7 Å². The van der Waals surface area contributed by atoms with Gasteiger partial charge in [-0.2, -0.15) is 4.80 Å². The van der Waals surface area contributed by atoms with E-state index in [1.165, 1.54) is 16.1 Å². The van der Waals surface area contributed by atoms with E-state index in [4.69, 9.17) is 0 Å². The molecule has 2 heterocycles. The Hall–Kier alpha value is -2.54. The molecule has 0 spiro atoms. The Bertz CT molecular complexity index is 750. The number of thiophene rings is 1. The largest absolute Gasteiger partial charge is 0.321 e. The summed E-state index contributed by atoms with van der Waals surface area (Å²) in [6, 6.07) is 11.1. The van der Waals surface area contributed by atoms with Gasteiger partial charge in [0.25, 0.3) is 5.91 Å². The maximum atomic E-state index is 12.2. The highest BCUT2D eigenvalue weighted by molar-refractivity contribution is 7.12. The van der Waals surface area contributed by atoms with Crippen LogP contribution < -0.4 is 5.32 Å². The zero-order valence-corrected chi connectivity index (χ0v) is 12.2. The Morgan fingerprint density at radius 3 is 2.86 bits per heavy atom. The minimum atomic E-state index is -0.139. The lowest BCUT2D eigenvalue weighted by Gasteiger charge is -2.07. The van der Waals surface area contributed by atoms with Gasteiger partial charge in [0.15, 0.2) is 0 Å². The van der Waals surface area contributed by atoms with Crippen LogP contribution in [0.15, 0.2) is 41.8 Å². The second-order valence-electron chi connectivity index (χ2n) is 4.28. The summed E-state index contributed by atoms with van der Waals surface area (Å²) in [6.45, 7) is 2.59. The zero-order chi connectivity index (χ0) is 14.7. The molecule has 0 radical (unpaired) electrons. The van der Waals surface area contributed by atoms with Gasteiger partial charge in [-0.3, -0.25) is 4.79 Å². The third-order valence-corrected chi connectivity index (χ3v) is 3.77. The van der Waals surface area contributed by atoms with E-state index in [2.05, 4.69) is 20.7 Å². The van der Waals surface area contributed by atoms with Crippen molar-refractivity contribution in [2.45, 2.75) is 13.5 Å². The maximum Gasteiger partial charge on any atom is 0.265 e. The minimum Gasteiger partial charge on any atom is -0.321 e. The molecule has 3 rings (SSSR count). The van der Waals surface area contributed by atoms with E-state index in [0.29, 0.717) is 22.9 Å². The summed E-state index contributed by atoms with van der Waals surface area (Å²) >= 11 is 1.40. The molecule has 1 aromatic carbocycles. The van der Waals surface area contributed by atoms with E-state index < -0.39 is 0 Å². The molecule has 0 aliphatic carbocycles. The second kappa shape index (κ2) is 5.84. The van der Waals surface area contributed by atoms with Crippen molar-refractivity contribution < 1.29 is 4.79 Å². The van der Waals surface area contributed by atoms with Crippen LogP contribution in [0.3, 0.4) is 0 Å². The van der Waals surface area contributed by atoms with Crippen LogP contribution in [0.2, 0.25) is 0 Å².